The van der Waals surface area contributed by atoms with Gasteiger partial charge in [0.05, 0.1) is 0 Å². The molecule has 1 saturated heterocycles. The number of amides is 4. The first-order valence-electron chi connectivity index (χ1n) is 6.64. The van der Waals surface area contributed by atoms with Crippen molar-refractivity contribution in [3.63, 3.8) is 0 Å². The lowest BCUT2D eigenvalue weighted by molar-refractivity contribution is -0.128. The lowest BCUT2D eigenvalue weighted by atomic mass is 9.97. The monoisotopic (exact) mass is 269 g/mol. The van der Waals surface area contributed by atoms with Gasteiger partial charge in [-0.2, -0.15) is 0 Å². The van der Waals surface area contributed by atoms with Gasteiger partial charge in [0.15, 0.2) is 0 Å². The number of carbonyl (C=O) groups is 3. The molecule has 2 unspecified atom stereocenters. The fraction of sp³-hybridized carbons (Fsp3) is 0.769. The van der Waals surface area contributed by atoms with Gasteiger partial charge in [-0.1, -0.05) is 20.8 Å². The van der Waals surface area contributed by atoms with E-state index < -0.39 is 11.6 Å². The molecule has 1 aliphatic rings. The molecule has 1 heterocycles. The Balaban J connectivity index is 2.72. The Hall–Kier alpha value is -1.59. The van der Waals surface area contributed by atoms with Crippen molar-refractivity contribution in [2.24, 2.45) is 5.92 Å². The predicted molar refractivity (Wildman–Crippen MR) is 71.4 cm³/mol. The molecule has 0 aromatic heterocycles. The van der Waals surface area contributed by atoms with Gasteiger partial charge >= 0.3 is 6.03 Å². The van der Waals surface area contributed by atoms with Gasteiger partial charge in [-0.15, -0.1) is 0 Å². The van der Waals surface area contributed by atoms with Crippen molar-refractivity contribution in [2.45, 2.75) is 52.6 Å². The summed E-state index contributed by atoms with van der Waals surface area (Å²) in [6.07, 6.45) is 0.470. The maximum absolute atomic E-state index is 11.9. The Bertz CT molecular complexity index is 395. The van der Waals surface area contributed by atoms with Gasteiger partial charge in [-0.05, 0) is 26.2 Å². The Morgan fingerprint density at radius 1 is 1.37 bits per heavy atom. The van der Waals surface area contributed by atoms with Gasteiger partial charge < -0.3 is 10.2 Å². The number of rotatable bonds is 5. The van der Waals surface area contributed by atoms with Crippen LogP contribution in [0.25, 0.3) is 0 Å². The number of hydrogen-bond acceptors (Lipinski definition) is 3. The molecule has 4 amide bonds. The fourth-order valence-corrected chi connectivity index (χ4v) is 1.85. The topological polar surface area (TPSA) is 78.5 Å². The standard InChI is InChI=1S/C13H23N3O3/c1-6-13(5)11(18)15-12(19)16(13)7-10(17)14-9(4)8(2)3/h8-9H,6-7H2,1-5H3,(H,14,17)(H,15,18,19). The van der Waals surface area contributed by atoms with Crippen molar-refractivity contribution in [3.05, 3.63) is 0 Å². The summed E-state index contributed by atoms with van der Waals surface area (Å²) >= 11 is 0. The minimum Gasteiger partial charge on any atom is -0.352 e. The van der Waals surface area contributed by atoms with Crippen LogP contribution in [0.4, 0.5) is 4.79 Å². The number of carbonyl (C=O) groups excluding carboxylic acids is 3. The van der Waals surface area contributed by atoms with E-state index in [4.69, 9.17) is 0 Å². The summed E-state index contributed by atoms with van der Waals surface area (Å²) in [5.74, 6) is -0.272. The van der Waals surface area contributed by atoms with E-state index in [1.54, 1.807) is 6.92 Å². The zero-order chi connectivity index (χ0) is 14.8. The minimum absolute atomic E-state index is 0.0294. The van der Waals surface area contributed by atoms with Crippen molar-refractivity contribution in [1.82, 2.24) is 15.5 Å². The van der Waals surface area contributed by atoms with Gasteiger partial charge in [0.25, 0.3) is 5.91 Å². The zero-order valence-electron chi connectivity index (χ0n) is 12.2. The number of nitrogens with one attached hydrogen (secondary N) is 2. The summed E-state index contributed by atoms with van der Waals surface area (Å²) in [7, 11) is 0. The van der Waals surface area contributed by atoms with Crippen LogP contribution in [-0.4, -0.2) is 40.9 Å². The lowest BCUT2D eigenvalue weighted by Crippen LogP contribution is -2.51. The number of urea groups is 1. The summed E-state index contributed by atoms with van der Waals surface area (Å²) < 4.78 is 0. The number of hydrogen-bond donors (Lipinski definition) is 2. The highest BCUT2D eigenvalue weighted by Gasteiger charge is 2.48. The second-order valence-electron chi connectivity index (χ2n) is 5.57. The molecule has 1 fully saturated rings. The van der Waals surface area contributed by atoms with E-state index >= 15 is 0 Å². The van der Waals surface area contributed by atoms with Gasteiger partial charge in [-0.25, -0.2) is 4.79 Å². The molecule has 0 aromatic carbocycles. The summed E-state index contributed by atoms with van der Waals surface area (Å²) in [5.41, 5.74) is -0.935. The van der Waals surface area contributed by atoms with Crippen LogP contribution in [0.1, 0.15) is 41.0 Å². The van der Waals surface area contributed by atoms with E-state index in [9.17, 15) is 14.4 Å². The molecule has 2 atom stereocenters. The van der Waals surface area contributed by atoms with Crippen molar-refractivity contribution < 1.29 is 14.4 Å². The summed E-state index contributed by atoms with van der Waals surface area (Å²) in [4.78, 5) is 36.7. The third kappa shape index (κ3) is 3.05. The highest BCUT2D eigenvalue weighted by atomic mass is 16.2. The second-order valence-corrected chi connectivity index (χ2v) is 5.57. The van der Waals surface area contributed by atoms with Gasteiger partial charge in [-0.3, -0.25) is 14.9 Å². The lowest BCUT2D eigenvalue weighted by Gasteiger charge is -2.30. The molecule has 0 aliphatic carbocycles. The molecule has 2 N–H and O–H groups in total. The zero-order valence-corrected chi connectivity index (χ0v) is 12.2. The van der Waals surface area contributed by atoms with E-state index in [1.165, 1.54) is 4.90 Å². The maximum atomic E-state index is 11.9. The molecular weight excluding hydrogens is 246 g/mol. The van der Waals surface area contributed by atoms with Gasteiger partial charge in [0, 0.05) is 6.04 Å². The van der Waals surface area contributed by atoms with Crippen molar-refractivity contribution in [1.29, 1.82) is 0 Å². The van der Waals surface area contributed by atoms with Gasteiger partial charge in [0.1, 0.15) is 12.1 Å². The first-order chi connectivity index (χ1) is 8.72. The number of nitrogens with zero attached hydrogens (tertiary/aromatic N) is 1. The smallest absolute Gasteiger partial charge is 0.325 e. The van der Waals surface area contributed by atoms with Crippen LogP contribution in [0, 0.1) is 5.92 Å². The highest BCUT2D eigenvalue weighted by Crippen LogP contribution is 2.24. The Labute approximate surface area is 113 Å². The summed E-state index contributed by atoms with van der Waals surface area (Å²) in [5, 5.41) is 5.09. The highest BCUT2D eigenvalue weighted by molar-refractivity contribution is 6.07. The number of imide groups is 1. The van der Waals surface area contributed by atoms with E-state index in [0.29, 0.717) is 12.3 Å². The molecule has 19 heavy (non-hydrogen) atoms. The molecule has 6 nitrogen and oxygen atoms in total. The summed E-state index contributed by atoms with van der Waals surface area (Å²) in [6, 6.07) is -0.469. The Morgan fingerprint density at radius 3 is 2.42 bits per heavy atom. The van der Waals surface area contributed by atoms with Crippen molar-refractivity contribution in [2.75, 3.05) is 6.54 Å². The first-order valence-corrected chi connectivity index (χ1v) is 6.64. The predicted octanol–water partition coefficient (Wildman–Crippen LogP) is 0.868. The normalized spacial score (nSPS) is 24.6. The third-order valence-corrected chi connectivity index (χ3v) is 3.93. The maximum Gasteiger partial charge on any atom is 0.325 e. The molecule has 108 valence electrons. The SMILES string of the molecule is CCC1(C)C(=O)NC(=O)N1CC(=O)NC(C)C(C)C. The fourth-order valence-electron chi connectivity index (χ4n) is 1.85. The first kappa shape index (κ1) is 15.5. The van der Waals surface area contributed by atoms with E-state index in [1.807, 2.05) is 27.7 Å². The van der Waals surface area contributed by atoms with E-state index in [0.717, 1.165) is 0 Å². The van der Waals surface area contributed by atoms with Crippen molar-refractivity contribution in [3.8, 4) is 0 Å². The average molecular weight is 269 g/mol. The van der Waals surface area contributed by atoms with E-state index in [-0.39, 0.29) is 24.4 Å². The molecule has 1 rings (SSSR count). The molecule has 0 radical (unpaired) electrons. The second kappa shape index (κ2) is 5.59. The van der Waals surface area contributed by atoms with Crippen LogP contribution in [0.2, 0.25) is 0 Å². The quantitative estimate of drug-likeness (QED) is 0.727. The Morgan fingerprint density at radius 2 is 1.95 bits per heavy atom. The van der Waals surface area contributed by atoms with Crippen LogP contribution >= 0.6 is 0 Å². The van der Waals surface area contributed by atoms with Crippen LogP contribution in [0.3, 0.4) is 0 Å². The summed E-state index contributed by atoms with van der Waals surface area (Å²) in [6.45, 7) is 9.32. The van der Waals surface area contributed by atoms with Gasteiger partial charge in [0.2, 0.25) is 5.91 Å². The average Bonchev–Trinajstić information content (AvgIpc) is 2.53. The Kier molecular flexibility index (Phi) is 4.55. The van der Waals surface area contributed by atoms with E-state index in [2.05, 4.69) is 10.6 Å². The molecular formula is C13H23N3O3. The van der Waals surface area contributed by atoms with Crippen molar-refractivity contribution >= 4 is 17.8 Å². The van der Waals surface area contributed by atoms with Crippen LogP contribution < -0.4 is 10.6 Å². The largest absolute Gasteiger partial charge is 0.352 e. The minimum atomic E-state index is -0.935. The van der Waals surface area contributed by atoms with Crippen LogP contribution in [0.15, 0.2) is 0 Å². The molecule has 0 spiro atoms. The molecule has 6 heteroatoms. The molecule has 0 saturated carbocycles. The third-order valence-electron chi connectivity index (χ3n) is 3.93. The van der Waals surface area contributed by atoms with Crippen LogP contribution in [0.5, 0.6) is 0 Å². The molecule has 0 aromatic rings. The van der Waals surface area contributed by atoms with Crippen LogP contribution in [-0.2, 0) is 9.59 Å². The molecule has 0 bridgehead atoms. The molecule has 1 aliphatic heterocycles.